The summed E-state index contributed by atoms with van der Waals surface area (Å²) in [5, 5.41) is 16.1. The van der Waals surface area contributed by atoms with E-state index < -0.39 is 6.10 Å². The first-order valence-corrected chi connectivity index (χ1v) is 12.8. The molecule has 37 heavy (non-hydrogen) atoms. The number of hydrogen-bond donors (Lipinski definition) is 2. The Morgan fingerprint density at radius 3 is 2.89 bits per heavy atom. The molecule has 2 aromatic carbocycles. The molecule has 0 spiro atoms. The maximum absolute atomic E-state index is 11.2. The van der Waals surface area contributed by atoms with Gasteiger partial charge in [-0.25, -0.2) is 0 Å². The third-order valence-corrected chi connectivity index (χ3v) is 7.07. The summed E-state index contributed by atoms with van der Waals surface area (Å²) in [5.41, 5.74) is 2.64. The van der Waals surface area contributed by atoms with Gasteiger partial charge in [-0.3, -0.25) is 9.88 Å². The summed E-state index contributed by atoms with van der Waals surface area (Å²) in [7, 11) is 1.62. The Morgan fingerprint density at radius 2 is 2.11 bits per heavy atom. The Hall–Kier alpha value is -2.88. The summed E-state index contributed by atoms with van der Waals surface area (Å²) in [6.07, 6.45) is 3.24. The second-order valence-corrected chi connectivity index (χ2v) is 9.68. The molecule has 3 aromatic rings. The molecule has 9 heteroatoms. The second-order valence-electron chi connectivity index (χ2n) is 9.27. The summed E-state index contributed by atoms with van der Waals surface area (Å²) in [6.45, 7) is 3.32. The Balaban J connectivity index is 1.23. The smallest absolute Gasteiger partial charge is 0.229 e. The molecule has 0 bridgehead atoms. The summed E-state index contributed by atoms with van der Waals surface area (Å²) in [5.74, 6) is 1.49. The van der Waals surface area contributed by atoms with Crippen molar-refractivity contribution in [3.05, 3.63) is 82.9 Å². The number of halogens is 1. The van der Waals surface area contributed by atoms with Crippen molar-refractivity contribution in [2.45, 2.75) is 24.7 Å². The monoisotopic (exact) mass is 525 g/mol. The molecule has 1 fully saturated rings. The highest BCUT2D eigenvalue weighted by molar-refractivity contribution is 6.32. The number of hydrogen-bond acceptors (Lipinski definition) is 8. The molecule has 0 aliphatic carbocycles. The molecule has 0 saturated carbocycles. The fourth-order valence-corrected chi connectivity index (χ4v) is 5.15. The molecule has 1 aromatic heterocycles. The minimum atomic E-state index is -0.781. The summed E-state index contributed by atoms with van der Waals surface area (Å²) < 4.78 is 22.4. The van der Waals surface area contributed by atoms with Crippen molar-refractivity contribution in [2.75, 3.05) is 46.7 Å². The van der Waals surface area contributed by atoms with Crippen molar-refractivity contribution < 1.29 is 24.1 Å². The molecule has 1 saturated heterocycles. The lowest BCUT2D eigenvalue weighted by molar-refractivity contribution is -0.0404. The molecule has 5 rings (SSSR count). The van der Waals surface area contributed by atoms with Crippen LogP contribution in [0.1, 0.15) is 17.2 Å². The van der Waals surface area contributed by atoms with Gasteiger partial charge in [0, 0.05) is 43.3 Å². The minimum absolute atomic E-state index is 0.0218. The zero-order valence-electron chi connectivity index (χ0n) is 20.8. The molecule has 196 valence electrons. The van der Waals surface area contributed by atoms with E-state index in [-0.39, 0.29) is 18.9 Å². The molecule has 2 aliphatic rings. The largest absolute Gasteiger partial charge is 0.497 e. The van der Waals surface area contributed by atoms with Gasteiger partial charge >= 0.3 is 0 Å². The number of benzene rings is 2. The van der Waals surface area contributed by atoms with Crippen molar-refractivity contribution in [1.29, 1.82) is 0 Å². The maximum Gasteiger partial charge on any atom is 0.229 e. The summed E-state index contributed by atoms with van der Waals surface area (Å²) >= 11 is 6.51. The standard InChI is InChI=1S/C28H32ClN3O5/c1-34-20-7-8-24-22(12-20)28(23(29)14-31-24)26(33)16-32-9-10-36-21(15-32)13-30-25(27-17-35-18-37-27)11-19-5-3-2-4-6-19/h2-8,12,14,17,21,25-26,30,33H,9-11,13,15-16,18H2,1H3. The van der Waals surface area contributed by atoms with Crippen molar-refractivity contribution >= 4 is 22.5 Å². The van der Waals surface area contributed by atoms with E-state index in [1.165, 1.54) is 5.56 Å². The van der Waals surface area contributed by atoms with E-state index >= 15 is 0 Å². The number of methoxy groups -OCH3 is 1. The van der Waals surface area contributed by atoms with Crippen LogP contribution < -0.4 is 10.1 Å². The van der Waals surface area contributed by atoms with Gasteiger partial charge in [0.2, 0.25) is 6.79 Å². The average molecular weight is 526 g/mol. The number of pyridine rings is 1. The number of nitrogens with one attached hydrogen (secondary N) is 1. The highest BCUT2D eigenvalue weighted by atomic mass is 35.5. The van der Waals surface area contributed by atoms with Gasteiger partial charge in [-0.2, -0.15) is 0 Å². The van der Waals surface area contributed by atoms with Gasteiger partial charge in [-0.1, -0.05) is 41.9 Å². The number of β-amino-alcohol motifs (C(OH)–C–C–N with tert-alkyl or cyclic N) is 1. The fraction of sp³-hybridized carbons (Fsp3) is 0.393. The van der Waals surface area contributed by atoms with Crippen molar-refractivity contribution in [1.82, 2.24) is 15.2 Å². The Morgan fingerprint density at radius 1 is 1.24 bits per heavy atom. The lowest BCUT2D eigenvalue weighted by Gasteiger charge is -2.35. The van der Waals surface area contributed by atoms with Gasteiger partial charge in [0.25, 0.3) is 0 Å². The predicted octanol–water partition coefficient (Wildman–Crippen LogP) is 3.68. The number of morpholine rings is 1. The highest BCUT2D eigenvalue weighted by Gasteiger charge is 2.27. The Kier molecular flexibility index (Phi) is 8.43. The predicted molar refractivity (Wildman–Crippen MR) is 142 cm³/mol. The van der Waals surface area contributed by atoms with E-state index in [4.69, 9.17) is 30.5 Å². The normalized spacial score (nSPS) is 19.6. The van der Waals surface area contributed by atoms with Crippen LogP contribution >= 0.6 is 11.6 Å². The lowest BCUT2D eigenvalue weighted by Crippen LogP contribution is -2.49. The lowest BCUT2D eigenvalue weighted by atomic mass is 10.0. The first kappa shape index (κ1) is 25.8. The van der Waals surface area contributed by atoms with E-state index in [0.717, 1.165) is 29.6 Å². The van der Waals surface area contributed by atoms with Crippen molar-refractivity contribution in [2.24, 2.45) is 0 Å². The molecule has 3 atom stereocenters. The van der Waals surface area contributed by atoms with Gasteiger partial charge in [-0.15, -0.1) is 0 Å². The van der Waals surface area contributed by atoms with Gasteiger partial charge in [0.1, 0.15) is 12.0 Å². The molecule has 3 unspecified atom stereocenters. The van der Waals surface area contributed by atoms with Gasteiger partial charge < -0.3 is 29.4 Å². The SMILES string of the molecule is COc1ccc2ncc(Cl)c(C(O)CN3CCOC(CNC(Cc4ccccc4)C4=COCO4)C3)c2c1. The van der Waals surface area contributed by atoms with Gasteiger partial charge in [0.15, 0.2) is 5.76 Å². The minimum Gasteiger partial charge on any atom is -0.497 e. The molecule has 2 aliphatic heterocycles. The second kappa shape index (κ2) is 12.1. The van der Waals surface area contributed by atoms with E-state index in [2.05, 4.69) is 27.3 Å². The van der Waals surface area contributed by atoms with Crippen LogP contribution in [0.25, 0.3) is 10.9 Å². The van der Waals surface area contributed by atoms with Crippen LogP contribution in [0.5, 0.6) is 5.75 Å². The number of ether oxygens (including phenoxy) is 4. The Bertz CT molecular complexity index is 1230. The quantitative estimate of drug-likeness (QED) is 0.415. The van der Waals surface area contributed by atoms with Crippen molar-refractivity contribution in [3.63, 3.8) is 0 Å². The van der Waals surface area contributed by atoms with Gasteiger partial charge in [0.05, 0.1) is 42.5 Å². The van der Waals surface area contributed by atoms with Gasteiger partial charge in [-0.05, 0) is 30.2 Å². The van der Waals surface area contributed by atoms with E-state index in [9.17, 15) is 5.11 Å². The van der Waals surface area contributed by atoms with Crippen LogP contribution in [-0.4, -0.2) is 73.8 Å². The number of aliphatic hydroxyl groups is 1. The van der Waals surface area contributed by atoms with Crippen LogP contribution in [-0.2, 0) is 20.6 Å². The molecule has 0 radical (unpaired) electrons. The molecular weight excluding hydrogens is 494 g/mol. The topological polar surface area (TPSA) is 85.3 Å². The van der Waals surface area contributed by atoms with Crippen LogP contribution in [0.2, 0.25) is 5.02 Å². The molecular formula is C28H32ClN3O5. The first-order chi connectivity index (χ1) is 18.1. The highest BCUT2D eigenvalue weighted by Crippen LogP contribution is 2.33. The van der Waals surface area contributed by atoms with E-state index in [1.807, 2.05) is 36.4 Å². The summed E-state index contributed by atoms with van der Waals surface area (Å²) in [6, 6.07) is 15.9. The summed E-state index contributed by atoms with van der Waals surface area (Å²) in [4.78, 5) is 6.61. The number of rotatable bonds is 10. The molecule has 2 N–H and O–H groups in total. The number of aromatic nitrogens is 1. The number of nitrogens with zero attached hydrogens (tertiary/aromatic N) is 2. The van der Waals surface area contributed by atoms with Crippen molar-refractivity contribution in [3.8, 4) is 5.75 Å². The zero-order chi connectivity index (χ0) is 25.6. The molecule has 3 heterocycles. The van der Waals surface area contributed by atoms with Crippen LogP contribution in [0, 0.1) is 0 Å². The van der Waals surface area contributed by atoms with E-state index in [1.54, 1.807) is 19.6 Å². The average Bonchev–Trinajstić information content (AvgIpc) is 3.46. The maximum atomic E-state index is 11.2. The zero-order valence-corrected chi connectivity index (χ0v) is 21.6. The third kappa shape index (κ3) is 6.34. The fourth-order valence-electron chi connectivity index (χ4n) is 4.87. The molecule has 8 nitrogen and oxygen atoms in total. The van der Waals surface area contributed by atoms with Crippen LogP contribution in [0.4, 0.5) is 0 Å². The Labute approximate surface area is 221 Å². The third-order valence-electron chi connectivity index (χ3n) is 6.77. The van der Waals surface area contributed by atoms with Crippen LogP contribution in [0.15, 0.2) is 66.7 Å². The number of fused-ring (bicyclic) bond motifs is 1. The van der Waals surface area contributed by atoms with Crippen LogP contribution in [0.3, 0.4) is 0 Å². The first-order valence-electron chi connectivity index (χ1n) is 12.5. The van der Waals surface area contributed by atoms with E-state index in [0.29, 0.717) is 42.6 Å². The number of aliphatic hydroxyl groups excluding tert-OH is 1. The molecule has 0 amide bonds.